The summed E-state index contributed by atoms with van der Waals surface area (Å²) in [4.78, 5) is 32.1. The fourth-order valence-electron chi connectivity index (χ4n) is 5.89. The van der Waals surface area contributed by atoms with Crippen molar-refractivity contribution in [1.82, 2.24) is 19.8 Å². The molecule has 36 heavy (non-hydrogen) atoms. The number of amides is 2. The van der Waals surface area contributed by atoms with E-state index >= 15 is 0 Å². The molecule has 1 spiro atoms. The van der Waals surface area contributed by atoms with Gasteiger partial charge >= 0.3 is 0 Å². The zero-order valence-corrected chi connectivity index (χ0v) is 21.0. The van der Waals surface area contributed by atoms with E-state index in [4.69, 9.17) is 9.47 Å². The Hall–Kier alpha value is -3.23. The van der Waals surface area contributed by atoms with Gasteiger partial charge in [0, 0.05) is 32.0 Å². The van der Waals surface area contributed by atoms with E-state index in [2.05, 4.69) is 28.5 Å². The Balaban J connectivity index is 1.36. The van der Waals surface area contributed by atoms with Crippen LogP contribution in [0.4, 0.5) is 0 Å². The molecule has 1 fully saturated rings. The van der Waals surface area contributed by atoms with Gasteiger partial charge in [0.15, 0.2) is 0 Å². The Morgan fingerprint density at radius 2 is 1.83 bits per heavy atom. The van der Waals surface area contributed by atoms with E-state index < -0.39 is 0 Å². The van der Waals surface area contributed by atoms with E-state index in [0.717, 1.165) is 29.4 Å². The van der Waals surface area contributed by atoms with Crippen molar-refractivity contribution in [3.63, 3.8) is 0 Å². The molecule has 5 rings (SSSR count). The number of carbonyl (C=O) groups is 2. The maximum atomic E-state index is 13.3. The second-order valence-electron chi connectivity index (χ2n) is 9.67. The number of likely N-dealkylation sites (tertiary alicyclic amines) is 1. The minimum Gasteiger partial charge on any atom is -0.382 e. The van der Waals surface area contributed by atoms with E-state index in [9.17, 15) is 9.59 Å². The molecular weight excluding hydrogens is 456 g/mol. The monoisotopic (exact) mass is 490 g/mol. The third-order valence-electron chi connectivity index (χ3n) is 7.74. The first-order valence-electron chi connectivity index (χ1n) is 12.7. The van der Waals surface area contributed by atoms with E-state index in [1.54, 1.807) is 13.4 Å². The van der Waals surface area contributed by atoms with Crippen LogP contribution < -0.4 is 5.32 Å². The van der Waals surface area contributed by atoms with Crippen LogP contribution in [0.3, 0.4) is 0 Å². The van der Waals surface area contributed by atoms with Crippen LogP contribution in [-0.4, -0.2) is 65.8 Å². The van der Waals surface area contributed by atoms with Gasteiger partial charge in [-0.1, -0.05) is 43.3 Å². The molecule has 0 radical (unpaired) electrons. The lowest BCUT2D eigenvalue weighted by Gasteiger charge is -2.44. The summed E-state index contributed by atoms with van der Waals surface area (Å²) >= 11 is 0. The molecule has 2 aromatic carbocycles. The molecule has 190 valence electrons. The van der Waals surface area contributed by atoms with Gasteiger partial charge in [-0.2, -0.15) is 0 Å². The zero-order valence-electron chi connectivity index (χ0n) is 21.0. The summed E-state index contributed by atoms with van der Waals surface area (Å²) in [6.45, 7) is 4.34. The number of hydrogen-bond acceptors (Lipinski definition) is 5. The summed E-state index contributed by atoms with van der Waals surface area (Å²) in [5.74, 6) is 0.0966. The predicted octanol–water partition coefficient (Wildman–Crippen LogP) is 3.21. The number of fused-ring (bicyclic) bond motifs is 3. The summed E-state index contributed by atoms with van der Waals surface area (Å²) < 4.78 is 13.6. The van der Waals surface area contributed by atoms with Gasteiger partial charge in [0.25, 0.3) is 0 Å². The van der Waals surface area contributed by atoms with Gasteiger partial charge in [-0.3, -0.25) is 9.59 Å². The number of piperidine rings is 1. The van der Waals surface area contributed by atoms with Crippen LogP contribution in [0, 0.1) is 0 Å². The van der Waals surface area contributed by atoms with Crippen molar-refractivity contribution in [2.45, 2.75) is 50.3 Å². The Kier molecular flexibility index (Phi) is 7.07. The number of ether oxygens (including phenoxy) is 2. The zero-order chi connectivity index (χ0) is 25.1. The van der Waals surface area contributed by atoms with Crippen molar-refractivity contribution >= 4 is 22.8 Å². The number of aromatic nitrogens is 2. The average Bonchev–Trinajstić information content (AvgIpc) is 3.42. The van der Waals surface area contributed by atoms with Crippen LogP contribution in [-0.2, 0) is 31.0 Å². The van der Waals surface area contributed by atoms with Crippen LogP contribution >= 0.6 is 0 Å². The Morgan fingerprint density at radius 1 is 1.08 bits per heavy atom. The maximum Gasteiger partial charge on any atom is 0.242 e. The molecule has 8 heteroatoms. The van der Waals surface area contributed by atoms with Crippen LogP contribution in [0.25, 0.3) is 11.0 Å². The second-order valence-corrected chi connectivity index (χ2v) is 9.67. The Labute approximate surface area is 211 Å². The van der Waals surface area contributed by atoms with Crippen LogP contribution in [0.1, 0.15) is 43.4 Å². The van der Waals surface area contributed by atoms with E-state index in [1.165, 1.54) is 5.56 Å². The summed E-state index contributed by atoms with van der Waals surface area (Å²) in [5, 5.41) is 3.22. The number of methoxy groups -OCH3 is 1. The molecule has 0 unspecified atom stereocenters. The minimum absolute atomic E-state index is 0.00682. The molecule has 1 saturated heterocycles. The number of imidazole rings is 1. The van der Waals surface area contributed by atoms with Crippen molar-refractivity contribution < 1.29 is 19.1 Å². The van der Waals surface area contributed by atoms with Gasteiger partial charge in [0.1, 0.15) is 6.54 Å². The van der Waals surface area contributed by atoms with Crippen molar-refractivity contribution in [2.75, 3.05) is 33.4 Å². The summed E-state index contributed by atoms with van der Waals surface area (Å²) in [6, 6.07) is 16.0. The number of nitrogens with one attached hydrogen (secondary N) is 1. The number of carbonyl (C=O) groups excluding carboxylic acids is 2. The highest BCUT2D eigenvalue weighted by atomic mass is 16.5. The van der Waals surface area contributed by atoms with Crippen LogP contribution in [0.15, 0.2) is 54.9 Å². The molecule has 1 aliphatic heterocycles. The molecule has 1 aromatic heterocycles. The fourth-order valence-corrected chi connectivity index (χ4v) is 5.89. The van der Waals surface area contributed by atoms with Gasteiger partial charge < -0.3 is 24.3 Å². The highest BCUT2D eigenvalue weighted by Crippen LogP contribution is 2.52. The smallest absolute Gasteiger partial charge is 0.242 e. The largest absolute Gasteiger partial charge is 0.382 e. The quantitative estimate of drug-likeness (QED) is 0.490. The first kappa shape index (κ1) is 24.5. The number of rotatable bonds is 8. The standard InChI is InChI=1S/C28H34N4O4/c1-3-24(33)30-26-20-8-4-5-9-21(20)28(27(26)36-17-16-35-2)12-14-31(15-13-28)25(34)18-32-19-29-22-10-6-7-11-23(22)32/h4-11,19,26-27H,3,12-18H2,1-2H3,(H,30,33)/t26-,27+/m1/s1. The number of nitrogens with zero attached hydrogens (tertiary/aromatic N) is 3. The molecule has 8 nitrogen and oxygen atoms in total. The Bertz CT molecular complexity index is 1230. The lowest BCUT2D eigenvalue weighted by molar-refractivity contribution is -0.135. The maximum absolute atomic E-state index is 13.3. The van der Waals surface area contributed by atoms with E-state index in [0.29, 0.717) is 32.7 Å². The fraction of sp³-hybridized carbons (Fsp3) is 0.464. The van der Waals surface area contributed by atoms with E-state index in [1.807, 2.05) is 46.7 Å². The lowest BCUT2D eigenvalue weighted by Crippen LogP contribution is -2.52. The van der Waals surface area contributed by atoms with Crippen molar-refractivity contribution in [3.05, 3.63) is 66.0 Å². The molecule has 1 N–H and O–H groups in total. The second kappa shape index (κ2) is 10.4. The molecule has 0 bridgehead atoms. The topological polar surface area (TPSA) is 85.7 Å². The average molecular weight is 491 g/mol. The molecular formula is C28H34N4O4. The highest BCUT2D eigenvalue weighted by Gasteiger charge is 2.54. The van der Waals surface area contributed by atoms with Gasteiger partial charge in [0.2, 0.25) is 11.8 Å². The molecule has 2 aliphatic rings. The molecule has 3 aromatic rings. The van der Waals surface area contributed by atoms with Crippen molar-refractivity contribution in [3.8, 4) is 0 Å². The molecule has 0 saturated carbocycles. The van der Waals surface area contributed by atoms with Crippen LogP contribution in [0.2, 0.25) is 0 Å². The van der Waals surface area contributed by atoms with Gasteiger partial charge in [0.05, 0.1) is 42.7 Å². The summed E-state index contributed by atoms with van der Waals surface area (Å²) in [6.07, 6.45) is 3.49. The predicted molar refractivity (Wildman–Crippen MR) is 136 cm³/mol. The SMILES string of the molecule is CCC(=O)N[C@@H]1c2ccccc2C2(CCN(C(=O)Cn3cnc4ccccc43)CC2)[C@H]1OCCOC. The van der Waals surface area contributed by atoms with Gasteiger partial charge in [-0.05, 0) is 36.1 Å². The molecule has 2 atom stereocenters. The Morgan fingerprint density at radius 3 is 2.61 bits per heavy atom. The van der Waals surface area contributed by atoms with Crippen molar-refractivity contribution in [2.24, 2.45) is 0 Å². The van der Waals surface area contributed by atoms with Crippen molar-refractivity contribution in [1.29, 1.82) is 0 Å². The minimum atomic E-state index is -0.269. The number of para-hydroxylation sites is 2. The van der Waals surface area contributed by atoms with Crippen LogP contribution in [0.5, 0.6) is 0 Å². The molecule has 2 heterocycles. The first-order valence-corrected chi connectivity index (χ1v) is 12.7. The third kappa shape index (κ3) is 4.40. The summed E-state index contributed by atoms with van der Waals surface area (Å²) in [7, 11) is 1.66. The molecule has 2 amide bonds. The van der Waals surface area contributed by atoms with E-state index in [-0.39, 0.29) is 35.9 Å². The first-order chi connectivity index (χ1) is 17.6. The molecule has 1 aliphatic carbocycles. The summed E-state index contributed by atoms with van der Waals surface area (Å²) in [5.41, 5.74) is 3.92. The lowest BCUT2D eigenvalue weighted by atomic mass is 9.71. The van der Waals surface area contributed by atoms with Gasteiger partial charge in [-0.25, -0.2) is 4.98 Å². The number of benzene rings is 2. The normalized spacial score (nSPS) is 20.6. The third-order valence-corrected chi connectivity index (χ3v) is 7.74. The van der Waals surface area contributed by atoms with Gasteiger partial charge in [-0.15, -0.1) is 0 Å². The number of hydrogen-bond donors (Lipinski definition) is 1. The highest BCUT2D eigenvalue weighted by molar-refractivity contribution is 5.81.